The molecule has 0 aliphatic carbocycles. The zero-order chi connectivity index (χ0) is 21.6. The van der Waals surface area contributed by atoms with Gasteiger partial charge >= 0.3 is 0 Å². The van der Waals surface area contributed by atoms with E-state index < -0.39 is 10.0 Å². The van der Waals surface area contributed by atoms with Gasteiger partial charge in [-0.15, -0.1) is 0 Å². The van der Waals surface area contributed by atoms with Crippen molar-refractivity contribution in [3.63, 3.8) is 0 Å². The van der Waals surface area contributed by atoms with E-state index in [-0.39, 0.29) is 5.91 Å². The standard InChI is InChI=1S/C24H25N3O3S/c1-17-15-21(20-8-2-3-9-22(20)25-17)24(28)27-14-6-7-18-16-19(10-11-23(18)27)31(29,30)26-12-4-5-13-26/h2-3,8-11,15-16H,4-7,12-14H2,1H3. The summed E-state index contributed by atoms with van der Waals surface area (Å²) >= 11 is 0. The summed E-state index contributed by atoms with van der Waals surface area (Å²) in [6.45, 7) is 3.67. The number of aryl methyl sites for hydroxylation is 2. The van der Waals surface area contributed by atoms with Crippen molar-refractivity contribution in [1.29, 1.82) is 0 Å². The number of sulfonamides is 1. The highest BCUT2D eigenvalue weighted by molar-refractivity contribution is 7.89. The molecule has 2 aliphatic heterocycles. The molecule has 1 aromatic heterocycles. The Labute approximate surface area is 182 Å². The Morgan fingerprint density at radius 2 is 1.74 bits per heavy atom. The molecule has 1 amide bonds. The first-order valence-electron chi connectivity index (χ1n) is 10.8. The number of fused-ring (bicyclic) bond motifs is 2. The van der Waals surface area contributed by atoms with Crippen LogP contribution in [0.2, 0.25) is 0 Å². The number of nitrogens with zero attached hydrogens (tertiary/aromatic N) is 3. The van der Waals surface area contributed by atoms with Gasteiger partial charge in [-0.25, -0.2) is 8.42 Å². The maximum absolute atomic E-state index is 13.6. The molecular formula is C24H25N3O3S. The lowest BCUT2D eigenvalue weighted by Gasteiger charge is -2.30. The van der Waals surface area contributed by atoms with Crippen LogP contribution in [0.5, 0.6) is 0 Å². The molecule has 1 saturated heterocycles. The summed E-state index contributed by atoms with van der Waals surface area (Å²) in [5.41, 5.74) is 3.94. The number of hydrogen-bond donors (Lipinski definition) is 0. The second-order valence-corrected chi connectivity index (χ2v) is 10.2. The fraction of sp³-hybridized carbons (Fsp3) is 0.333. The van der Waals surface area contributed by atoms with Gasteiger partial charge in [0.25, 0.3) is 5.91 Å². The van der Waals surface area contributed by atoms with Crippen LogP contribution in [-0.4, -0.2) is 43.2 Å². The highest BCUT2D eigenvalue weighted by Gasteiger charge is 2.30. The monoisotopic (exact) mass is 435 g/mol. The van der Waals surface area contributed by atoms with E-state index in [2.05, 4.69) is 4.98 Å². The van der Waals surface area contributed by atoms with Gasteiger partial charge in [0.2, 0.25) is 10.0 Å². The molecule has 0 radical (unpaired) electrons. The van der Waals surface area contributed by atoms with Crippen molar-refractivity contribution in [2.24, 2.45) is 0 Å². The van der Waals surface area contributed by atoms with Crippen LogP contribution in [0, 0.1) is 6.92 Å². The highest BCUT2D eigenvalue weighted by Crippen LogP contribution is 2.33. The molecule has 3 aromatic rings. The molecule has 0 spiro atoms. The summed E-state index contributed by atoms with van der Waals surface area (Å²) in [5.74, 6) is -0.0715. The minimum Gasteiger partial charge on any atom is -0.308 e. The van der Waals surface area contributed by atoms with E-state index in [0.29, 0.717) is 30.1 Å². The van der Waals surface area contributed by atoms with Crippen molar-refractivity contribution in [1.82, 2.24) is 9.29 Å². The van der Waals surface area contributed by atoms with Crippen molar-refractivity contribution in [2.75, 3.05) is 24.5 Å². The third-order valence-electron chi connectivity index (χ3n) is 6.19. The Hall–Kier alpha value is -2.77. The van der Waals surface area contributed by atoms with Crippen molar-refractivity contribution in [3.8, 4) is 0 Å². The van der Waals surface area contributed by atoms with Crippen LogP contribution in [0.25, 0.3) is 10.9 Å². The minimum atomic E-state index is -3.47. The Balaban J connectivity index is 1.53. The number of rotatable bonds is 3. The van der Waals surface area contributed by atoms with Gasteiger partial charge in [-0.2, -0.15) is 4.31 Å². The molecule has 0 N–H and O–H groups in total. The molecule has 0 saturated carbocycles. The third-order valence-corrected chi connectivity index (χ3v) is 8.09. The summed E-state index contributed by atoms with van der Waals surface area (Å²) in [5, 5.41) is 0.832. The van der Waals surface area contributed by atoms with Gasteiger partial charge < -0.3 is 4.90 Å². The molecule has 0 unspecified atom stereocenters. The maximum atomic E-state index is 13.6. The van der Waals surface area contributed by atoms with E-state index in [1.165, 1.54) is 0 Å². The van der Waals surface area contributed by atoms with Gasteiger partial charge in [0, 0.05) is 36.4 Å². The van der Waals surface area contributed by atoms with Gasteiger partial charge in [-0.3, -0.25) is 9.78 Å². The van der Waals surface area contributed by atoms with E-state index in [1.54, 1.807) is 27.4 Å². The molecule has 31 heavy (non-hydrogen) atoms. The van der Waals surface area contributed by atoms with Crippen molar-refractivity contribution in [2.45, 2.75) is 37.5 Å². The normalized spacial score (nSPS) is 17.1. The molecule has 2 aromatic carbocycles. The highest BCUT2D eigenvalue weighted by atomic mass is 32.2. The second kappa shape index (κ2) is 7.73. The molecule has 1 fully saturated rings. The van der Waals surface area contributed by atoms with Crippen LogP contribution in [0.1, 0.15) is 40.9 Å². The molecule has 2 aliphatic rings. The van der Waals surface area contributed by atoms with Gasteiger partial charge in [0.05, 0.1) is 16.0 Å². The van der Waals surface area contributed by atoms with E-state index in [4.69, 9.17) is 0 Å². The molecule has 160 valence electrons. The number of carbonyl (C=O) groups is 1. The zero-order valence-corrected chi connectivity index (χ0v) is 18.4. The van der Waals surface area contributed by atoms with Gasteiger partial charge in [0.15, 0.2) is 0 Å². The molecule has 6 nitrogen and oxygen atoms in total. The van der Waals surface area contributed by atoms with Gasteiger partial charge in [0.1, 0.15) is 0 Å². The van der Waals surface area contributed by atoms with Crippen molar-refractivity contribution < 1.29 is 13.2 Å². The summed E-state index contributed by atoms with van der Waals surface area (Å²) in [4.78, 5) is 20.2. The van der Waals surface area contributed by atoms with Gasteiger partial charge in [-0.1, -0.05) is 18.2 Å². The smallest absolute Gasteiger partial charge is 0.259 e. The quantitative estimate of drug-likeness (QED) is 0.625. The predicted octanol–water partition coefficient (Wildman–Crippen LogP) is 3.92. The van der Waals surface area contributed by atoms with Crippen LogP contribution in [0.4, 0.5) is 5.69 Å². The summed E-state index contributed by atoms with van der Waals surface area (Å²) in [7, 11) is -3.47. The Bertz CT molecular complexity index is 1280. The number of aromatic nitrogens is 1. The Kier molecular flexibility index (Phi) is 5.02. The van der Waals surface area contributed by atoms with E-state index in [1.807, 2.05) is 37.3 Å². The molecule has 7 heteroatoms. The van der Waals surface area contributed by atoms with Crippen LogP contribution in [0.15, 0.2) is 53.4 Å². The topological polar surface area (TPSA) is 70.6 Å². The fourth-order valence-corrected chi connectivity index (χ4v) is 6.22. The summed E-state index contributed by atoms with van der Waals surface area (Å²) in [6, 6.07) is 14.7. The first-order valence-corrected chi connectivity index (χ1v) is 12.2. The van der Waals surface area contributed by atoms with E-state index in [0.717, 1.165) is 53.5 Å². The number of anilines is 1. The zero-order valence-electron chi connectivity index (χ0n) is 17.5. The van der Waals surface area contributed by atoms with Crippen molar-refractivity contribution >= 4 is 32.5 Å². The number of benzene rings is 2. The maximum Gasteiger partial charge on any atom is 0.259 e. The second-order valence-electron chi connectivity index (χ2n) is 8.29. The third kappa shape index (κ3) is 3.51. The predicted molar refractivity (Wildman–Crippen MR) is 121 cm³/mol. The first-order chi connectivity index (χ1) is 14.9. The molecular weight excluding hydrogens is 410 g/mol. The minimum absolute atomic E-state index is 0.0715. The molecule has 0 bridgehead atoms. The molecule has 3 heterocycles. The van der Waals surface area contributed by atoms with Crippen LogP contribution < -0.4 is 4.90 Å². The lowest BCUT2D eigenvalue weighted by Crippen LogP contribution is -2.36. The lowest BCUT2D eigenvalue weighted by molar-refractivity contribution is 0.0986. The SMILES string of the molecule is Cc1cc(C(=O)N2CCCc3cc(S(=O)(=O)N4CCCC4)ccc32)c2ccccc2n1. The number of pyridine rings is 1. The average Bonchev–Trinajstić information content (AvgIpc) is 3.33. The van der Waals surface area contributed by atoms with Crippen molar-refractivity contribution in [3.05, 3.63) is 65.4 Å². The van der Waals surface area contributed by atoms with Crippen LogP contribution >= 0.6 is 0 Å². The number of hydrogen-bond acceptors (Lipinski definition) is 4. The largest absolute Gasteiger partial charge is 0.308 e. The lowest BCUT2D eigenvalue weighted by atomic mass is 9.99. The van der Waals surface area contributed by atoms with E-state index in [9.17, 15) is 13.2 Å². The van der Waals surface area contributed by atoms with Gasteiger partial charge in [-0.05, 0) is 68.5 Å². The van der Waals surface area contributed by atoms with Crippen LogP contribution in [0.3, 0.4) is 0 Å². The molecule has 0 atom stereocenters. The summed E-state index contributed by atoms with van der Waals surface area (Å²) < 4.78 is 27.5. The average molecular weight is 436 g/mol. The number of para-hydroxylation sites is 1. The van der Waals surface area contributed by atoms with E-state index >= 15 is 0 Å². The molecule has 5 rings (SSSR count). The Morgan fingerprint density at radius 3 is 2.55 bits per heavy atom. The summed E-state index contributed by atoms with van der Waals surface area (Å²) in [6.07, 6.45) is 3.38. The Morgan fingerprint density at radius 1 is 0.968 bits per heavy atom. The number of amides is 1. The number of carbonyl (C=O) groups excluding carboxylic acids is 1. The van der Waals surface area contributed by atoms with Crippen LogP contribution in [-0.2, 0) is 16.4 Å². The fourth-order valence-electron chi connectivity index (χ4n) is 4.65. The first kappa shape index (κ1) is 20.2.